The minimum absolute atomic E-state index is 0. The lowest BCUT2D eigenvalue weighted by atomic mass is 10.1. The Morgan fingerprint density at radius 2 is 1.81 bits per heavy atom. The van der Waals surface area contributed by atoms with Crippen LogP contribution in [0, 0.1) is 0 Å². The molecule has 0 spiro atoms. The van der Waals surface area contributed by atoms with Crippen LogP contribution in [-0.4, -0.2) is 31.4 Å². The quantitative estimate of drug-likeness (QED) is 0.665. The van der Waals surface area contributed by atoms with E-state index in [1.165, 1.54) is 12.1 Å². The van der Waals surface area contributed by atoms with E-state index in [2.05, 4.69) is 0 Å². The molecule has 0 aliphatic rings. The van der Waals surface area contributed by atoms with Gasteiger partial charge in [-0.1, -0.05) is 18.2 Å². The first-order valence-corrected chi connectivity index (χ1v) is 7.40. The number of carboxylic acid groups (broad SMARTS) is 1. The number of hydrogen-bond donors (Lipinski definition) is 3. The molecule has 0 unspecified atom stereocenters. The number of carboxylic acids is 1. The third-order valence-corrected chi connectivity index (χ3v) is 3.93. The molecule has 0 radical (unpaired) electrons. The van der Waals surface area contributed by atoms with Crippen molar-refractivity contribution < 1.29 is 23.1 Å². The average molecular weight is 337 g/mol. The van der Waals surface area contributed by atoms with Gasteiger partial charge in [-0.25, -0.2) is 13.1 Å². The van der Waals surface area contributed by atoms with Crippen molar-refractivity contribution in [1.82, 2.24) is 4.72 Å². The fraction of sp³-hybridized carbons (Fsp3) is 0.333. The van der Waals surface area contributed by atoms with Gasteiger partial charge in [-0.05, 0) is 25.0 Å². The Morgan fingerprint density at radius 3 is 2.33 bits per heavy atom. The van der Waals surface area contributed by atoms with Crippen molar-refractivity contribution in [3.8, 4) is 0 Å². The lowest BCUT2D eigenvalue weighted by Gasteiger charge is -2.08. The van der Waals surface area contributed by atoms with Crippen LogP contribution < -0.4 is 10.5 Å². The summed E-state index contributed by atoms with van der Waals surface area (Å²) < 4.78 is 25.5. The number of benzene rings is 1. The summed E-state index contributed by atoms with van der Waals surface area (Å²) in [4.78, 5) is 22.0. The van der Waals surface area contributed by atoms with Crippen molar-refractivity contribution in [1.29, 1.82) is 0 Å². The summed E-state index contributed by atoms with van der Waals surface area (Å²) in [5.74, 6) is -1.84. The molecule has 1 aromatic rings. The van der Waals surface area contributed by atoms with Crippen LogP contribution in [0.5, 0.6) is 0 Å². The fourth-order valence-corrected chi connectivity index (χ4v) is 2.50. The Hall–Kier alpha value is -1.64. The predicted octanol–water partition coefficient (Wildman–Crippen LogP) is 0.495. The molecule has 7 nitrogen and oxygen atoms in total. The van der Waals surface area contributed by atoms with E-state index in [-0.39, 0.29) is 36.6 Å². The van der Waals surface area contributed by atoms with Crippen molar-refractivity contribution in [3.05, 3.63) is 30.3 Å². The molecule has 0 aliphatic heterocycles. The number of amides is 1. The molecule has 0 fully saturated rings. The molecule has 4 N–H and O–H groups in total. The number of rotatable bonds is 7. The summed E-state index contributed by atoms with van der Waals surface area (Å²) in [5, 5.41) is 8.56. The third-order valence-electron chi connectivity index (χ3n) is 2.54. The van der Waals surface area contributed by atoms with Gasteiger partial charge in [0, 0.05) is 6.42 Å². The lowest BCUT2D eigenvalue weighted by molar-refractivity contribution is -0.138. The van der Waals surface area contributed by atoms with Crippen LogP contribution in [0.3, 0.4) is 0 Å². The minimum atomic E-state index is -3.87. The predicted molar refractivity (Wildman–Crippen MR) is 78.5 cm³/mol. The standard InChI is InChI=1S/C12H16N2O5S.ClH/c13-10(12(16)17)7-4-8-11(15)14-20(18,19)9-5-2-1-3-6-9;/h1-3,5-6,10H,4,7-8,13H2,(H,14,15)(H,16,17);1H/t10-;/m0./s1. The van der Waals surface area contributed by atoms with Gasteiger partial charge in [0.05, 0.1) is 4.90 Å². The second-order valence-electron chi connectivity index (χ2n) is 4.18. The number of nitrogens with two attached hydrogens (primary N) is 1. The molecule has 9 heteroatoms. The van der Waals surface area contributed by atoms with Gasteiger partial charge in [0.25, 0.3) is 10.0 Å². The number of carbonyl (C=O) groups excluding carboxylic acids is 1. The Labute approximate surface area is 129 Å². The summed E-state index contributed by atoms with van der Waals surface area (Å²) in [6, 6.07) is 6.45. The summed E-state index contributed by atoms with van der Waals surface area (Å²) in [7, 11) is -3.87. The maximum atomic E-state index is 11.8. The van der Waals surface area contributed by atoms with Gasteiger partial charge in [0.15, 0.2) is 0 Å². The van der Waals surface area contributed by atoms with Gasteiger partial charge in [0.1, 0.15) is 6.04 Å². The molecule has 118 valence electrons. The summed E-state index contributed by atoms with van der Waals surface area (Å²) in [6.07, 6.45) is 0.199. The van der Waals surface area contributed by atoms with E-state index < -0.39 is 27.9 Å². The molecule has 1 rings (SSSR count). The van der Waals surface area contributed by atoms with E-state index >= 15 is 0 Å². The highest BCUT2D eigenvalue weighted by molar-refractivity contribution is 7.90. The number of hydrogen-bond acceptors (Lipinski definition) is 5. The molecule has 1 amide bonds. The summed E-state index contributed by atoms with van der Waals surface area (Å²) in [5.41, 5.74) is 5.27. The van der Waals surface area contributed by atoms with Crippen molar-refractivity contribution in [3.63, 3.8) is 0 Å². The van der Waals surface area contributed by atoms with Gasteiger partial charge >= 0.3 is 5.97 Å². The molecule has 0 aromatic heterocycles. The van der Waals surface area contributed by atoms with Crippen LogP contribution in [-0.2, 0) is 19.6 Å². The van der Waals surface area contributed by atoms with Crippen LogP contribution in [0.15, 0.2) is 35.2 Å². The largest absolute Gasteiger partial charge is 0.480 e. The van der Waals surface area contributed by atoms with E-state index in [9.17, 15) is 18.0 Å². The molecular weight excluding hydrogens is 320 g/mol. The maximum absolute atomic E-state index is 11.8. The van der Waals surface area contributed by atoms with Gasteiger partial charge < -0.3 is 10.8 Å². The highest BCUT2D eigenvalue weighted by Gasteiger charge is 2.17. The van der Waals surface area contributed by atoms with Gasteiger partial charge in [-0.15, -0.1) is 12.4 Å². The normalized spacial score (nSPS) is 12.0. The van der Waals surface area contributed by atoms with E-state index in [1.54, 1.807) is 18.2 Å². The smallest absolute Gasteiger partial charge is 0.320 e. The third kappa shape index (κ3) is 6.56. The van der Waals surface area contributed by atoms with Crippen LogP contribution in [0.4, 0.5) is 0 Å². The van der Waals surface area contributed by atoms with E-state index in [1.807, 2.05) is 4.72 Å². The zero-order valence-electron chi connectivity index (χ0n) is 11.1. The minimum Gasteiger partial charge on any atom is -0.480 e. The maximum Gasteiger partial charge on any atom is 0.320 e. The molecule has 0 bridgehead atoms. The number of nitrogens with one attached hydrogen (secondary N) is 1. The molecule has 0 saturated carbocycles. The zero-order valence-corrected chi connectivity index (χ0v) is 12.7. The first-order chi connectivity index (χ1) is 9.33. The first-order valence-electron chi connectivity index (χ1n) is 5.92. The van der Waals surface area contributed by atoms with Gasteiger partial charge in [0.2, 0.25) is 5.91 Å². The monoisotopic (exact) mass is 336 g/mol. The highest BCUT2D eigenvalue weighted by atomic mass is 35.5. The van der Waals surface area contributed by atoms with Crippen molar-refractivity contribution in [2.24, 2.45) is 5.73 Å². The molecule has 0 heterocycles. The van der Waals surface area contributed by atoms with E-state index in [4.69, 9.17) is 10.8 Å². The molecule has 0 saturated heterocycles. The Balaban J connectivity index is 0.00000400. The topological polar surface area (TPSA) is 127 Å². The average Bonchev–Trinajstić information content (AvgIpc) is 2.39. The summed E-state index contributed by atoms with van der Waals surface area (Å²) in [6.45, 7) is 0. The van der Waals surface area contributed by atoms with E-state index in [0.717, 1.165) is 0 Å². The van der Waals surface area contributed by atoms with Crippen molar-refractivity contribution in [2.45, 2.75) is 30.2 Å². The van der Waals surface area contributed by atoms with Gasteiger partial charge in [-0.3, -0.25) is 9.59 Å². The summed E-state index contributed by atoms with van der Waals surface area (Å²) >= 11 is 0. The lowest BCUT2D eigenvalue weighted by Crippen LogP contribution is -2.32. The van der Waals surface area contributed by atoms with Gasteiger partial charge in [-0.2, -0.15) is 0 Å². The number of aliphatic carboxylic acids is 1. The molecule has 1 aromatic carbocycles. The van der Waals surface area contributed by atoms with Crippen molar-refractivity contribution >= 4 is 34.3 Å². The zero-order chi connectivity index (χ0) is 15.2. The molecule has 1 atom stereocenters. The number of carbonyl (C=O) groups is 2. The fourth-order valence-electron chi connectivity index (χ4n) is 1.47. The second-order valence-corrected chi connectivity index (χ2v) is 5.86. The van der Waals surface area contributed by atoms with Crippen LogP contribution in [0.2, 0.25) is 0 Å². The molecule has 0 aliphatic carbocycles. The molecule has 21 heavy (non-hydrogen) atoms. The first kappa shape index (κ1) is 19.4. The Morgan fingerprint density at radius 1 is 1.24 bits per heavy atom. The second kappa shape index (κ2) is 8.60. The van der Waals surface area contributed by atoms with E-state index in [0.29, 0.717) is 0 Å². The van der Waals surface area contributed by atoms with Crippen LogP contribution in [0.25, 0.3) is 0 Å². The SMILES string of the molecule is Cl.N[C@@H](CCCC(=O)NS(=O)(=O)c1ccccc1)C(=O)O. The Bertz CT molecular complexity index is 577. The number of sulfonamides is 1. The Kier molecular flexibility index (Phi) is 7.93. The number of halogens is 1. The van der Waals surface area contributed by atoms with Crippen LogP contribution >= 0.6 is 12.4 Å². The highest BCUT2D eigenvalue weighted by Crippen LogP contribution is 2.08. The van der Waals surface area contributed by atoms with Crippen molar-refractivity contribution in [2.75, 3.05) is 0 Å². The molecular formula is C12H17ClN2O5S. The van der Waals surface area contributed by atoms with Crippen LogP contribution in [0.1, 0.15) is 19.3 Å².